The number of benzene rings is 1. The van der Waals surface area contributed by atoms with Gasteiger partial charge in [-0.1, -0.05) is 0 Å². The van der Waals surface area contributed by atoms with Gasteiger partial charge < -0.3 is 24.8 Å². The lowest BCUT2D eigenvalue weighted by atomic mass is 10.1. The van der Waals surface area contributed by atoms with Gasteiger partial charge in [0.15, 0.2) is 17.7 Å². The summed E-state index contributed by atoms with van der Waals surface area (Å²) in [6, 6.07) is 2.23. The Morgan fingerprint density at radius 1 is 1.23 bits per heavy atom. The molecule has 0 amide bonds. The van der Waals surface area contributed by atoms with E-state index in [0.29, 0.717) is 13.1 Å². The van der Waals surface area contributed by atoms with Crippen LogP contribution >= 0.6 is 0 Å². The minimum atomic E-state index is -1.44. The number of hydrogen-bond donors (Lipinski definition) is 2. The first-order chi connectivity index (χ1) is 14.0. The molecule has 1 aromatic carbocycles. The third-order valence-corrected chi connectivity index (χ3v) is 5.26. The van der Waals surface area contributed by atoms with Crippen molar-refractivity contribution in [2.24, 2.45) is 17.8 Å². The van der Waals surface area contributed by atoms with E-state index in [4.69, 9.17) is 4.74 Å². The average Bonchev–Trinajstić information content (AvgIpc) is 3.13. The maximum absolute atomic E-state index is 14.6. The summed E-state index contributed by atoms with van der Waals surface area (Å²) >= 11 is 0. The molecule has 0 spiro atoms. The summed E-state index contributed by atoms with van der Waals surface area (Å²) in [6.45, 7) is 7.69. The van der Waals surface area contributed by atoms with Crippen LogP contribution in [0.1, 0.15) is 27.7 Å². The first kappa shape index (κ1) is 22.3. The fourth-order valence-electron chi connectivity index (χ4n) is 3.93. The first-order valence-electron chi connectivity index (χ1n) is 10.1. The van der Waals surface area contributed by atoms with Crippen LogP contribution in [0.3, 0.4) is 0 Å². The van der Waals surface area contributed by atoms with Crippen molar-refractivity contribution >= 4 is 23.3 Å². The zero-order chi connectivity index (χ0) is 22.2. The van der Waals surface area contributed by atoms with Crippen molar-refractivity contribution in [3.8, 4) is 0 Å². The molecule has 1 saturated carbocycles. The van der Waals surface area contributed by atoms with Crippen molar-refractivity contribution in [3.63, 3.8) is 0 Å². The topological polar surface area (TPSA) is 88.1 Å². The smallest absolute Gasteiger partial charge is 0.336 e. The second-order valence-electron chi connectivity index (χ2n) is 8.73. The summed E-state index contributed by atoms with van der Waals surface area (Å²) in [7, 11) is 0. The Morgan fingerprint density at radius 3 is 2.30 bits per heavy atom. The Hall–Kier alpha value is -2.42. The number of anilines is 2. The number of nitrogens with one attached hydrogen (secondary N) is 1. The summed E-state index contributed by atoms with van der Waals surface area (Å²) in [5.41, 5.74) is -0.593. The number of rotatable bonds is 7. The molecule has 1 saturated heterocycles. The molecular weight excluding hydrogens is 398 g/mol. The zero-order valence-electron chi connectivity index (χ0n) is 17.6. The Kier molecular flexibility index (Phi) is 6.21. The Labute approximate surface area is 174 Å². The van der Waals surface area contributed by atoms with Crippen molar-refractivity contribution in [2.45, 2.75) is 39.4 Å². The number of fused-ring (bicyclic) bond motifs is 1. The van der Waals surface area contributed by atoms with E-state index in [1.807, 2.05) is 0 Å². The van der Waals surface area contributed by atoms with Crippen LogP contribution in [0.15, 0.2) is 12.1 Å². The summed E-state index contributed by atoms with van der Waals surface area (Å²) in [4.78, 5) is 25.2. The van der Waals surface area contributed by atoms with Crippen molar-refractivity contribution < 1.29 is 33.0 Å². The first-order valence-corrected chi connectivity index (χ1v) is 10.1. The molecule has 1 aliphatic carbocycles. The van der Waals surface area contributed by atoms with Gasteiger partial charge in [-0.25, -0.2) is 13.6 Å². The predicted octanol–water partition coefficient (Wildman–Crippen LogP) is 2.32. The molecular formula is C21H28F2N2O5. The quantitative estimate of drug-likeness (QED) is 0.647. The highest BCUT2D eigenvalue weighted by Crippen LogP contribution is 2.54. The molecule has 30 heavy (non-hydrogen) atoms. The van der Waals surface area contributed by atoms with Gasteiger partial charge in [-0.3, -0.25) is 4.79 Å². The number of carbonyl (C=O) groups is 2. The second kappa shape index (κ2) is 8.37. The molecule has 1 unspecified atom stereocenters. The van der Waals surface area contributed by atoms with Crippen molar-refractivity contribution in [1.29, 1.82) is 0 Å². The standard InChI is InChI=1S/C21H28F2N2O5/c1-5-29-19(27)16(26)8-24-11-6-14(22)18(15(23)7-11)25-9-12-13(10-25)17(12)20(28)30-21(2,3)4/h6-7,12-13,16-17,24,26H,5,8-10H2,1-4H3/t12-,13+,16-,17?/m1/s1. The molecule has 2 aliphatic rings. The van der Waals surface area contributed by atoms with Crippen LogP contribution in [0, 0.1) is 29.4 Å². The number of halogens is 2. The number of ether oxygens (including phenoxy) is 2. The molecule has 7 nitrogen and oxygen atoms in total. The number of nitrogens with zero attached hydrogens (tertiary/aromatic N) is 1. The minimum Gasteiger partial charge on any atom is -0.464 e. The fourth-order valence-corrected chi connectivity index (χ4v) is 3.93. The van der Waals surface area contributed by atoms with E-state index in [1.165, 1.54) is 0 Å². The molecule has 3 rings (SSSR count). The van der Waals surface area contributed by atoms with E-state index in [1.54, 1.807) is 32.6 Å². The molecule has 166 valence electrons. The van der Waals surface area contributed by atoms with E-state index in [0.717, 1.165) is 12.1 Å². The van der Waals surface area contributed by atoms with Gasteiger partial charge in [0.05, 0.1) is 19.1 Å². The Bertz CT molecular complexity index is 791. The highest BCUT2D eigenvalue weighted by atomic mass is 19.1. The molecule has 2 N–H and O–H groups in total. The SMILES string of the molecule is CCOC(=O)[C@H](O)CNc1cc(F)c(N2C[C@@H]3C(C(=O)OC(C)(C)C)[C@@H]3C2)c(F)c1. The third kappa shape index (κ3) is 4.83. The molecule has 1 aliphatic heterocycles. The number of hydrogen-bond acceptors (Lipinski definition) is 7. The van der Waals surface area contributed by atoms with Crippen LogP contribution < -0.4 is 10.2 Å². The monoisotopic (exact) mass is 426 g/mol. The van der Waals surface area contributed by atoms with Crippen LogP contribution in [0.2, 0.25) is 0 Å². The Morgan fingerprint density at radius 2 is 1.80 bits per heavy atom. The predicted molar refractivity (Wildman–Crippen MR) is 106 cm³/mol. The molecule has 0 bridgehead atoms. The molecule has 9 heteroatoms. The Balaban J connectivity index is 1.59. The number of esters is 2. The molecule has 0 aromatic heterocycles. The van der Waals surface area contributed by atoms with Gasteiger partial charge in [-0.15, -0.1) is 0 Å². The second-order valence-corrected chi connectivity index (χ2v) is 8.73. The van der Waals surface area contributed by atoms with Crippen molar-refractivity contribution in [2.75, 3.05) is 36.5 Å². The van der Waals surface area contributed by atoms with E-state index in [9.17, 15) is 23.5 Å². The maximum Gasteiger partial charge on any atom is 0.336 e. The largest absolute Gasteiger partial charge is 0.464 e. The van der Waals surface area contributed by atoms with Crippen LogP contribution in [0.25, 0.3) is 0 Å². The summed E-state index contributed by atoms with van der Waals surface area (Å²) in [5, 5.41) is 12.3. The van der Waals surface area contributed by atoms with Gasteiger partial charge in [0.25, 0.3) is 0 Å². The number of aliphatic hydroxyl groups excluding tert-OH is 1. The number of aliphatic hydroxyl groups is 1. The number of piperidine rings is 1. The van der Waals surface area contributed by atoms with Gasteiger partial charge in [-0.2, -0.15) is 0 Å². The molecule has 4 atom stereocenters. The van der Waals surface area contributed by atoms with Crippen LogP contribution in [-0.2, 0) is 19.1 Å². The van der Waals surface area contributed by atoms with Gasteiger partial charge in [-0.05, 0) is 51.7 Å². The molecule has 1 heterocycles. The van der Waals surface area contributed by atoms with E-state index >= 15 is 0 Å². The van der Waals surface area contributed by atoms with Crippen molar-refractivity contribution in [1.82, 2.24) is 0 Å². The highest BCUT2D eigenvalue weighted by molar-refractivity contribution is 5.78. The van der Waals surface area contributed by atoms with E-state index in [2.05, 4.69) is 10.1 Å². The normalized spacial score (nSPS) is 23.6. The lowest BCUT2D eigenvalue weighted by Gasteiger charge is -2.25. The number of carbonyl (C=O) groups excluding carboxylic acids is 2. The molecule has 1 aromatic rings. The molecule has 2 fully saturated rings. The third-order valence-electron chi connectivity index (χ3n) is 5.26. The maximum atomic E-state index is 14.6. The van der Waals surface area contributed by atoms with Crippen molar-refractivity contribution in [3.05, 3.63) is 23.8 Å². The van der Waals surface area contributed by atoms with Crippen LogP contribution in [0.4, 0.5) is 20.2 Å². The van der Waals surface area contributed by atoms with E-state index in [-0.39, 0.29) is 48.2 Å². The van der Waals surface area contributed by atoms with Crippen LogP contribution in [0.5, 0.6) is 0 Å². The minimum absolute atomic E-state index is 0.0381. The summed E-state index contributed by atoms with van der Waals surface area (Å²) in [5.74, 6) is -2.70. The van der Waals surface area contributed by atoms with E-state index < -0.39 is 29.3 Å². The van der Waals surface area contributed by atoms with Gasteiger partial charge in [0.1, 0.15) is 11.3 Å². The lowest BCUT2D eigenvalue weighted by molar-refractivity contribution is -0.157. The lowest BCUT2D eigenvalue weighted by Crippen LogP contribution is -2.31. The van der Waals surface area contributed by atoms with Gasteiger partial charge in [0, 0.05) is 18.8 Å². The van der Waals surface area contributed by atoms with Gasteiger partial charge in [0.2, 0.25) is 0 Å². The molecule has 0 radical (unpaired) electrons. The summed E-state index contributed by atoms with van der Waals surface area (Å²) in [6.07, 6.45) is -1.44. The summed E-state index contributed by atoms with van der Waals surface area (Å²) < 4.78 is 39.3. The fraction of sp³-hybridized carbons (Fsp3) is 0.619. The van der Waals surface area contributed by atoms with Crippen LogP contribution in [-0.4, -0.2) is 55.0 Å². The zero-order valence-corrected chi connectivity index (χ0v) is 17.6. The average molecular weight is 426 g/mol. The van der Waals surface area contributed by atoms with Gasteiger partial charge >= 0.3 is 11.9 Å². The highest BCUT2D eigenvalue weighted by Gasteiger charge is 2.61.